The van der Waals surface area contributed by atoms with Gasteiger partial charge in [-0.1, -0.05) is 30.7 Å². The number of urea groups is 1. The largest absolute Gasteiger partial charge is 0.336 e. The van der Waals surface area contributed by atoms with E-state index in [0.717, 1.165) is 50.6 Å². The predicted octanol–water partition coefficient (Wildman–Crippen LogP) is 3.01. The summed E-state index contributed by atoms with van der Waals surface area (Å²) in [4.78, 5) is 16.4. The van der Waals surface area contributed by atoms with E-state index in [1.807, 2.05) is 30.0 Å². The number of piperazine rings is 1. The van der Waals surface area contributed by atoms with Gasteiger partial charge >= 0.3 is 6.03 Å². The first-order valence-electron chi connectivity index (χ1n) is 8.10. The number of rotatable bonds is 5. The number of hydrogen-bond donors (Lipinski definition) is 1. The first kappa shape index (κ1) is 17.1. The van der Waals surface area contributed by atoms with E-state index in [9.17, 15) is 4.79 Å². The molecule has 0 spiro atoms. The highest BCUT2D eigenvalue weighted by Crippen LogP contribution is 2.12. The summed E-state index contributed by atoms with van der Waals surface area (Å²) < 4.78 is 0. The van der Waals surface area contributed by atoms with Gasteiger partial charge in [0.15, 0.2) is 0 Å². The van der Waals surface area contributed by atoms with Crippen LogP contribution in [0, 0.1) is 0 Å². The maximum absolute atomic E-state index is 12.1. The van der Waals surface area contributed by atoms with E-state index in [1.165, 1.54) is 5.56 Å². The summed E-state index contributed by atoms with van der Waals surface area (Å²) in [5.41, 5.74) is 1.27. The van der Waals surface area contributed by atoms with Crippen LogP contribution in [0.3, 0.4) is 0 Å². The smallest absolute Gasteiger partial charge is 0.317 e. The van der Waals surface area contributed by atoms with Gasteiger partial charge in [-0.15, -0.1) is 0 Å². The van der Waals surface area contributed by atoms with Gasteiger partial charge < -0.3 is 10.2 Å². The summed E-state index contributed by atoms with van der Waals surface area (Å²) in [6.45, 7) is 8.62. The predicted molar refractivity (Wildman–Crippen MR) is 91.5 cm³/mol. The molecule has 1 N–H and O–H groups in total. The van der Waals surface area contributed by atoms with Gasteiger partial charge in [-0.05, 0) is 37.5 Å². The number of benzene rings is 1. The van der Waals surface area contributed by atoms with E-state index < -0.39 is 0 Å². The Hall–Kier alpha value is -1.26. The van der Waals surface area contributed by atoms with Crippen molar-refractivity contribution in [3.63, 3.8) is 0 Å². The van der Waals surface area contributed by atoms with Gasteiger partial charge in [0.2, 0.25) is 0 Å². The summed E-state index contributed by atoms with van der Waals surface area (Å²) >= 11 is 6.01. The van der Waals surface area contributed by atoms with Crippen LogP contribution in [-0.2, 0) is 6.42 Å². The lowest BCUT2D eigenvalue weighted by atomic mass is 10.1. The Morgan fingerprint density at radius 1 is 1.32 bits per heavy atom. The Morgan fingerprint density at radius 3 is 2.68 bits per heavy atom. The molecule has 1 fully saturated rings. The van der Waals surface area contributed by atoms with Crippen molar-refractivity contribution in [2.75, 3.05) is 32.7 Å². The molecule has 1 aliphatic heterocycles. The van der Waals surface area contributed by atoms with E-state index in [-0.39, 0.29) is 12.1 Å². The number of hydrogen-bond acceptors (Lipinski definition) is 2. The molecule has 0 aromatic heterocycles. The highest BCUT2D eigenvalue weighted by molar-refractivity contribution is 6.30. The Balaban J connectivity index is 1.72. The fraction of sp³-hybridized carbons (Fsp3) is 0.588. The molecule has 2 rings (SSSR count). The number of nitrogens with one attached hydrogen (secondary N) is 1. The molecule has 122 valence electrons. The number of halogens is 1. The van der Waals surface area contributed by atoms with Crippen molar-refractivity contribution in [2.24, 2.45) is 0 Å². The second-order valence-corrected chi connectivity index (χ2v) is 6.40. The minimum absolute atomic E-state index is 0.0730. The van der Waals surface area contributed by atoms with Crippen molar-refractivity contribution in [3.8, 4) is 0 Å². The van der Waals surface area contributed by atoms with Crippen molar-refractivity contribution >= 4 is 17.6 Å². The molecule has 0 radical (unpaired) electrons. The Kier molecular flexibility index (Phi) is 6.52. The molecular formula is C17H26ClN3O. The van der Waals surface area contributed by atoms with Crippen LogP contribution in [0.1, 0.15) is 25.8 Å². The van der Waals surface area contributed by atoms with E-state index >= 15 is 0 Å². The molecule has 0 aliphatic carbocycles. The molecule has 1 aromatic rings. The van der Waals surface area contributed by atoms with Gasteiger partial charge in [0.1, 0.15) is 0 Å². The molecule has 1 aromatic carbocycles. The van der Waals surface area contributed by atoms with Gasteiger partial charge in [-0.25, -0.2) is 4.79 Å². The van der Waals surface area contributed by atoms with Crippen molar-refractivity contribution in [1.82, 2.24) is 15.1 Å². The van der Waals surface area contributed by atoms with E-state index in [2.05, 4.69) is 23.2 Å². The van der Waals surface area contributed by atoms with Gasteiger partial charge in [-0.3, -0.25) is 4.90 Å². The van der Waals surface area contributed by atoms with Crippen molar-refractivity contribution < 1.29 is 4.79 Å². The zero-order valence-corrected chi connectivity index (χ0v) is 14.3. The summed E-state index contributed by atoms with van der Waals surface area (Å²) in [6, 6.07) is 8.35. The molecule has 2 amide bonds. The van der Waals surface area contributed by atoms with Gasteiger partial charge in [0.05, 0.1) is 0 Å². The molecule has 1 saturated heterocycles. The zero-order valence-electron chi connectivity index (χ0n) is 13.5. The number of nitrogens with zero attached hydrogens (tertiary/aromatic N) is 2. The summed E-state index contributed by atoms with van der Waals surface area (Å²) in [7, 11) is 0. The molecule has 1 atom stereocenters. The van der Waals surface area contributed by atoms with Gasteiger partial charge in [0.25, 0.3) is 0 Å². The Morgan fingerprint density at radius 2 is 2.05 bits per heavy atom. The van der Waals surface area contributed by atoms with Crippen LogP contribution in [0.4, 0.5) is 4.79 Å². The first-order valence-corrected chi connectivity index (χ1v) is 8.48. The molecule has 1 heterocycles. The third kappa shape index (κ3) is 5.18. The molecule has 4 nitrogen and oxygen atoms in total. The quantitative estimate of drug-likeness (QED) is 0.904. The Labute approximate surface area is 138 Å². The molecule has 5 heteroatoms. The SMILES string of the molecule is CCC(C)NC(=O)N1CCN(CCc2cccc(Cl)c2)CC1. The second kappa shape index (κ2) is 8.39. The van der Waals surface area contributed by atoms with E-state index in [4.69, 9.17) is 11.6 Å². The van der Waals surface area contributed by atoms with Crippen LogP contribution in [0.25, 0.3) is 0 Å². The van der Waals surface area contributed by atoms with E-state index in [0.29, 0.717) is 0 Å². The van der Waals surface area contributed by atoms with Crippen molar-refractivity contribution in [1.29, 1.82) is 0 Å². The zero-order chi connectivity index (χ0) is 15.9. The average molecular weight is 324 g/mol. The van der Waals surface area contributed by atoms with Gasteiger partial charge in [0, 0.05) is 43.8 Å². The molecule has 0 bridgehead atoms. The fourth-order valence-electron chi connectivity index (χ4n) is 2.56. The molecular weight excluding hydrogens is 298 g/mol. The lowest BCUT2D eigenvalue weighted by molar-refractivity contribution is 0.138. The summed E-state index contributed by atoms with van der Waals surface area (Å²) in [5, 5.41) is 3.83. The molecule has 1 aliphatic rings. The molecule has 1 unspecified atom stereocenters. The topological polar surface area (TPSA) is 35.6 Å². The van der Waals surface area contributed by atoms with Gasteiger partial charge in [-0.2, -0.15) is 0 Å². The third-order valence-electron chi connectivity index (χ3n) is 4.25. The van der Waals surface area contributed by atoms with Crippen LogP contribution in [0.15, 0.2) is 24.3 Å². The number of amides is 2. The fourth-order valence-corrected chi connectivity index (χ4v) is 2.77. The van der Waals surface area contributed by atoms with Crippen LogP contribution in [0.5, 0.6) is 0 Å². The number of carbonyl (C=O) groups is 1. The summed E-state index contributed by atoms with van der Waals surface area (Å²) in [5.74, 6) is 0. The second-order valence-electron chi connectivity index (χ2n) is 5.97. The third-order valence-corrected chi connectivity index (χ3v) is 4.48. The van der Waals surface area contributed by atoms with Crippen LogP contribution >= 0.6 is 11.6 Å². The minimum Gasteiger partial charge on any atom is -0.336 e. The van der Waals surface area contributed by atoms with Crippen molar-refractivity contribution in [2.45, 2.75) is 32.7 Å². The number of carbonyl (C=O) groups excluding carboxylic acids is 1. The maximum Gasteiger partial charge on any atom is 0.317 e. The lowest BCUT2D eigenvalue weighted by Gasteiger charge is -2.35. The summed E-state index contributed by atoms with van der Waals surface area (Å²) in [6.07, 6.45) is 1.96. The van der Waals surface area contributed by atoms with Crippen LogP contribution < -0.4 is 5.32 Å². The van der Waals surface area contributed by atoms with Crippen LogP contribution in [-0.4, -0.2) is 54.6 Å². The molecule has 0 saturated carbocycles. The highest BCUT2D eigenvalue weighted by Gasteiger charge is 2.21. The maximum atomic E-state index is 12.1. The standard InChI is InChI=1S/C17H26ClN3O/c1-3-14(2)19-17(22)21-11-9-20(10-12-21)8-7-15-5-4-6-16(18)13-15/h4-6,13-14H,3,7-12H2,1-2H3,(H,19,22). The lowest BCUT2D eigenvalue weighted by Crippen LogP contribution is -2.53. The van der Waals surface area contributed by atoms with E-state index in [1.54, 1.807) is 0 Å². The van der Waals surface area contributed by atoms with Crippen molar-refractivity contribution in [3.05, 3.63) is 34.9 Å². The highest BCUT2D eigenvalue weighted by atomic mass is 35.5. The first-order chi connectivity index (χ1) is 10.6. The Bertz CT molecular complexity index is 487. The average Bonchev–Trinajstić information content (AvgIpc) is 2.53. The van der Waals surface area contributed by atoms with Crippen LogP contribution in [0.2, 0.25) is 5.02 Å². The normalized spacial score (nSPS) is 17.3. The molecule has 22 heavy (non-hydrogen) atoms. The minimum atomic E-state index is 0.0730. The monoisotopic (exact) mass is 323 g/mol.